The molecule has 1 aromatic heterocycles. The Labute approximate surface area is 191 Å². The van der Waals surface area contributed by atoms with Crippen molar-refractivity contribution in [2.75, 3.05) is 0 Å². The van der Waals surface area contributed by atoms with Gasteiger partial charge in [-0.2, -0.15) is 0 Å². The van der Waals surface area contributed by atoms with Crippen LogP contribution in [-0.2, 0) is 33.9 Å². The van der Waals surface area contributed by atoms with Crippen molar-refractivity contribution in [3.63, 3.8) is 0 Å². The van der Waals surface area contributed by atoms with Crippen molar-refractivity contribution in [2.24, 2.45) is 0 Å². The minimum atomic E-state index is -1.03. The predicted octanol–water partition coefficient (Wildman–Crippen LogP) is 2.96. The Hall–Kier alpha value is -3.98. The van der Waals surface area contributed by atoms with Crippen LogP contribution in [0.2, 0.25) is 0 Å². The average Bonchev–Trinajstić information content (AvgIpc) is 3.27. The smallest absolute Gasteiger partial charge is 0.321 e. The van der Waals surface area contributed by atoms with Crippen molar-refractivity contribution >= 4 is 17.9 Å². The molecule has 3 aromatic rings. The molecule has 0 saturated carbocycles. The second-order valence-electron chi connectivity index (χ2n) is 7.44. The largest absolute Gasteiger partial charge is 0.480 e. The fraction of sp³-hybridized carbons (Fsp3) is 0.250. The van der Waals surface area contributed by atoms with E-state index in [1.165, 1.54) is 20.2 Å². The zero-order chi connectivity index (χ0) is 23.8. The number of hydrogen-bond donors (Lipinski definition) is 2. The van der Waals surface area contributed by atoms with Gasteiger partial charge in [-0.3, -0.25) is 19.3 Å². The third-order valence-corrected chi connectivity index (χ3v) is 4.89. The lowest BCUT2D eigenvalue weighted by atomic mass is 10.1. The van der Waals surface area contributed by atoms with E-state index in [-0.39, 0.29) is 19.5 Å². The molecule has 0 aliphatic rings. The molecule has 172 valence electrons. The molecule has 3 rings (SSSR count). The molecule has 1 unspecified atom stereocenters. The molecular formula is C24H25N3O6. The Morgan fingerprint density at radius 3 is 1.88 bits per heavy atom. The number of carboxylic acids is 1. The van der Waals surface area contributed by atoms with Gasteiger partial charge in [-0.1, -0.05) is 36.4 Å². The summed E-state index contributed by atoms with van der Waals surface area (Å²) in [5, 5.41) is 10.1. The summed E-state index contributed by atoms with van der Waals surface area (Å²) in [5.74, 6) is -1.26. The molecule has 0 bridgehead atoms. The molecule has 9 heteroatoms. The van der Waals surface area contributed by atoms with Gasteiger partial charge >= 0.3 is 17.9 Å². The maximum absolute atomic E-state index is 12.3. The fourth-order valence-electron chi connectivity index (χ4n) is 3.47. The number of carbonyl (C=O) groups is 3. The number of hydrogen-bond acceptors (Lipinski definition) is 7. The number of esters is 2. The first-order chi connectivity index (χ1) is 15.8. The number of aliphatic carboxylic acids is 1. The summed E-state index contributed by atoms with van der Waals surface area (Å²) in [6.07, 6.45) is 3.24. The zero-order valence-electron chi connectivity index (χ0n) is 18.4. The van der Waals surface area contributed by atoms with Crippen molar-refractivity contribution in [1.82, 2.24) is 14.9 Å². The zero-order valence-corrected chi connectivity index (χ0v) is 18.4. The maximum Gasteiger partial charge on any atom is 0.321 e. The van der Waals surface area contributed by atoms with Gasteiger partial charge in [-0.15, -0.1) is 0 Å². The van der Waals surface area contributed by atoms with Crippen LogP contribution >= 0.6 is 0 Å². The number of ether oxygens (including phenoxy) is 2. The topological polar surface area (TPSA) is 122 Å². The lowest BCUT2D eigenvalue weighted by Gasteiger charge is -2.30. The number of aromatic nitrogens is 2. The first-order valence-corrected chi connectivity index (χ1v) is 10.3. The van der Waals surface area contributed by atoms with Gasteiger partial charge in [0.2, 0.25) is 0 Å². The summed E-state index contributed by atoms with van der Waals surface area (Å²) in [6.45, 7) is 2.95. The van der Waals surface area contributed by atoms with Crippen LogP contribution in [0.25, 0.3) is 0 Å². The number of para-hydroxylation sites is 2. The van der Waals surface area contributed by atoms with Crippen molar-refractivity contribution in [2.45, 2.75) is 39.4 Å². The fourth-order valence-corrected chi connectivity index (χ4v) is 3.47. The highest BCUT2D eigenvalue weighted by Gasteiger charge is 2.28. The number of rotatable bonds is 10. The summed E-state index contributed by atoms with van der Waals surface area (Å²) < 4.78 is 10.6. The molecule has 33 heavy (non-hydrogen) atoms. The van der Waals surface area contributed by atoms with E-state index in [2.05, 4.69) is 9.97 Å². The number of imidazole rings is 1. The Balaban J connectivity index is 1.99. The molecule has 0 spiro atoms. The van der Waals surface area contributed by atoms with Gasteiger partial charge in [0.1, 0.15) is 17.5 Å². The quantitative estimate of drug-likeness (QED) is 0.356. The van der Waals surface area contributed by atoms with Gasteiger partial charge in [0.05, 0.1) is 6.33 Å². The summed E-state index contributed by atoms with van der Waals surface area (Å²) in [6, 6.07) is 13.0. The second-order valence-corrected chi connectivity index (χ2v) is 7.44. The third-order valence-electron chi connectivity index (χ3n) is 4.89. The van der Waals surface area contributed by atoms with E-state index < -0.39 is 23.9 Å². The Bertz CT molecular complexity index is 1050. The molecule has 0 amide bonds. The minimum Gasteiger partial charge on any atom is -0.480 e. The van der Waals surface area contributed by atoms with Crippen LogP contribution in [-0.4, -0.2) is 43.9 Å². The number of carbonyl (C=O) groups excluding carboxylic acids is 2. The van der Waals surface area contributed by atoms with Gasteiger partial charge in [-0.05, 0) is 12.1 Å². The molecule has 9 nitrogen and oxygen atoms in total. The number of carboxylic acid groups (broad SMARTS) is 1. The van der Waals surface area contributed by atoms with Crippen LogP contribution in [0.1, 0.15) is 30.7 Å². The van der Waals surface area contributed by atoms with Gasteiger partial charge < -0.3 is 19.6 Å². The average molecular weight is 451 g/mol. The Kier molecular flexibility index (Phi) is 7.93. The summed E-state index contributed by atoms with van der Waals surface area (Å²) >= 11 is 0. The Morgan fingerprint density at radius 2 is 1.45 bits per heavy atom. The number of nitrogens with zero attached hydrogens (tertiary/aromatic N) is 2. The number of H-pyrrole nitrogens is 1. The van der Waals surface area contributed by atoms with Crippen LogP contribution in [0.15, 0.2) is 61.1 Å². The molecule has 1 heterocycles. The number of aromatic amines is 1. The van der Waals surface area contributed by atoms with Gasteiger partial charge in [0.25, 0.3) is 0 Å². The number of benzene rings is 2. The van der Waals surface area contributed by atoms with E-state index in [1.54, 1.807) is 59.6 Å². The van der Waals surface area contributed by atoms with E-state index in [9.17, 15) is 19.5 Å². The SMILES string of the molecule is CC(=O)Oc1ccccc1CN(Cc1ccccc1OC(C)=O)C(Cc1cnc[nH]1)C(=O)O. The van der Waals surface area contributed by atoms with Crippen LogP contribution < -0.4 is 9.47 Å². The molecule has 0 saturated heterocycles. The molecule has 2 N–H and O–H groups in total. The lowest BCUT2D eigenvalue weighted by molar-refractivity contribution is -0.144. The van der Waals surface area contributed by atoms with E-state index in [4.69, 9.17) is 9.47 Å². The molecule has 1 atom stereocenters. The number of nitrogens with one attached hydrogen (secondary N) is 1. The van der Waals surface area contributed by atoms with Crippen molar-refractivity contribution in [3.05, 3.63) is 77.9 Å². The standard InChI is InChI=1S/C24H25N3O6/c1-16(28)32-22-9-5-3-7-18(22)13-27(21(24(30)31)11-20-12-25-15-26-20)14-19-8-4-6-10-23(19)33-17(2)29/h3-10,12,15,21H,11,13-14H2,1-2H3,(H,25,26)(H,30,31). The maximum atomic E-state index is 12.3. The van der Waals surface area contributed by atoms with Crippen LogP contribution in [0, 0.1) is 0 Å². The normalized spacial score (nSPS) is 11.7. The Morgan fingerprint density at radius 1 is 0.939 bits per heavy atom. The molecule has 0 aliphatic carbocycles. The molecular weight excluding hydrogens is 426 g/mol. The molecule has 0 radical (unpaired) electrons. The predicted molar refractivity (Wildman–Crippen MR) is 118 cm³/mol. The van der Waals surface area contributed by atoms with Crippen molar-refractivity contribution < 1.29 is 29.0 Å². The van der Waals surface area contributed by atoms with E-state index >= 15 is 0 Å². The van der Waals surface area contributed by atoms with Gasteiger partial charge in [-0.25, -0.2) is 4.98 Å². The third kappa shape index (κ3) is 6.75. The minimum absolute atomic E-state index is 0.167. The van der Waals surface area contributed by atoms with Gasteiger partial charge in [0.15, 0.2) is 0 Å². The highest BCUT2D eigenvalue weighted by atomic mass is 16.5. The van der Waals surface area contributed by atoms with Crippen LogP contribution in [0.4, 0.5) is 0 Å². The van der Waals surface area contributed by atoms with Crippen molar-refractivity contribution in [3.8, 4) is 11.5 Å². The highest BCUT2D eigenvalue weighted by molar-refractivity contribution is 5.74. The molecule has 0 aliphatic heterocycles. The first kappa shape index (κ1) is 23.7. The first-order valence-electron chi connectivity index (χ1n) is 10.3. The summed E-state index contributed by atoms with van der Waals surface area (Å²) in [4.78, 5) is 44.1. The second kappa shape index (κ2) is 11.1. The molecule has 0 fully saturated rings. The highest BCUT2D eigenvalue weighted by Crippen LogP contribution is 2.26. The van der Waals surface area contributed by atoms with Crippen LogP contribution in [0.5, 0.6) is 11.5 Å². The van der Waals surface area contributed by atoms with E-state index in [0.717, 1.165) is 0 Å². The van der Waals surface area contributed by atoms with Gasteiger partial charge in [0, 0.05) is 56.4 Å². The molecule has 2 aromatic carbocycles. The summed E-state index contributed by atoms with van der Waals surface area (Å²) in [5.41, 5.74) is 1.95. The monoisotopic (exact) mass is 451 g/mol. The van der Waals surface area contributed by atoms with E-state index in [0.29, 0.717) is 28.3 Å². The summed E-state index contributed by atoms with van der Waals surface area (Å²) in [7, 11) is 0. The lowest BCUT2D eigenvalue weighted by Crippen LogP contribution is -2.42. The van der Waals surface area contributed by atoms with Crippen molar-refractivity contribution in [1.29, 1.82) is 0 Å². The van der Waals surface area contributed by atoms with E-state index in [1.807, 2.05) is 0 Å². The van der Waals surface area contributed by atoms with Crippen LogP contribution in [0.3, 0.4) is 0 Å².